The second-order valence-corrected chi connectivity index (χ2v) is 7.44. The highest BCUT2D eigenvalue weighted by Crippen LogP contribution is 2.19. The van der Waals surface area contributed by atoms with Crippen molar-refractivity contribution in [1.29, 1.82) is 0 Å². The summed E-state index contributed by atoms with van der Waals surface area (Å²) >= 11 is 0. The van der Waals surface area contributed by atoms with Crippen LogP contribution in [0.15, 0.2) is 47.6 Å². The molecule has 1 aromatic carbocycles. The number of benzene rings is 1. The van der Waals surface area contributed by atoms with Gasteiger partial charge in [-0.2, -0.15) is 0 Å². The van der Waals surface area contributed by atoms with Crippen LogP contribution in [0.3, 0.4) is 0 Å². The minimum absolute atomic E-state index is 0.222. The van der Waals surface area contributed by atoms with Gasteiger partial charge in [0, 0.05) is 51.5 Å². The summed E-state index contributed by atoms with van der Waals surface area (Å²) in [5, 5.41) is 6.57. The van der Waals surface area contributed by atoms with Crippen molar-refractivity contribution in [3.63, 3.8) is 0 Å². The lowest BCUT2D eigenvalue weighted by molar-refractivity contribution is 0.214. The van der Waals surface area contributed by atoms with Crippen LogP contribution in [-0.2, 0) is 6.54 Å². The molecule has 1 fully saturated rings. The lowest BCUT2D eigenvalue weighted by Gasteiger charge is -2.34. The number of rotatable bonds is 7. The molecule has 2 heterocycles. The van der Waals surface area contributed by atoms with Crippen molar-refractivity contribution in [2.24, 2.45) is 4.99 Å². The summed E-state index contributed by atoms with van der Waals surface area (Å²) in [6.07, 6.45) is 1.62. The van der Waals surface area contributed by atoms with E-state index in [1.54, 1.807) is 25.2 Å². The zero-order chi connectivity index (χ0) is 21.3. The minimum atomic E-state index is -0.361. The molecular formula is C22H31FN6O. The summed E-state index contributed by atoms with van der Waals surface area (Å²) in [7, 11) is 3.87. The highest BCUT2D eigenvalue weighted by Gasteiger charge is 2.18. The number of ether oxygens (including phenoxy) is 1. The maximum atomic E-state index is 13.7. The lowest BCUT2D eigenvalue weighted by atomic mass is 10.2. The molecule has 0 radical (unpaired) electrons. The standard InChI is InChI=1S/C22H31FN6O/c1-17(30-20-9-5-4-8-19(20)23)15-26-22(24-2)27-16-18-7-6-10-25-21(18)29-13-11-28(3)12-14-29/h4-10,17H,11-16H2,1-3H3,(H2,24,26,27). The third kappa shape index (κ3) is 6.06. The van der Waals surface area contributed by atoms with Crippen molar-refractivity contribution in [1.82, 2.24) is 20.5 Å². The van der Waals surface area contributed by atoms with E-state index in [9.17, 15) is 4.39 Å². The fourth-order valence-electron chi connectivity index (χ4n) is 3.31. The fourth-order valence-corrected chi connectivity index (χ4v) is 3.31. The van der Waals surface area contributed by atoms with Crippen LogP contribution in [0.4, 0.5) is 10.2 Å². The van der Waals surface area contributed by atoms with Crippen LogP contribution in [0.2, 0.25) is 0 Å². The molecule has 3 rings (SSSR count). The molecule has 1 aliphatic rings. The number of aromatic nitrogens is 1. The molecule has 1 aromatic heterocycles. The Morgan fingerprint density at radius 3 is 2.67 bits per heavy atom. The molecule has 1 aliphatic heterocycles. The van der Waals surface area contributed by atoms with E-state index >= 15 is 0 Å². The Morgan fingerprint density at radius 1 is 1.17 bits per heavy atom. The second kappa shape index (κ2) is 10.8. The van der Waals surface area contributed by atoms with Gasteiger partial charge in [-0.05, 0) is 32.2 Å². The van der Waals surface area contributed by atoms with Crippen LogP contribution >= 0.6 is 0 Å². The zero-order valence-corrected chi connectivity index (χ0v) is 17.9. The second-order valence-electron chi connectivity index (χ2n) is 7.44. The summed E-state index contributed by atoms with van der Waals surface area (Å²) in [5.41, 5.74) is 1.13. The van der Waals surface area contributed by atoms with Crippen molar-refractivity contribution in [2.75, 3.05) is 51.7 Å². The summed E-state index contributed by atoms with van der Waals surface area (Å²) in [6, 6.07) is 10.5. The number of anilines is 1. The van der Waals surface area contributed by atoms with Crippen LogP contribution in [0.1, 0.15) is 12.5 Å². The van der Waals surface area contributed by atoms with E-state index in [1.165, 1.54) is 6.07 Å². The normalized spacial score (nSPS) is 16.3. The molecular weight excluding hydrogens is 383 g/mol. The predicted molar refractivity (Wildman–Crippen MR) is 119 cm³/mol. The Kier molecular flexibility index (Phi) is 7.84. The van der Waals surface area contributed by atoms with Crippen molar-refractivity contribution in [3.8, 4) is 5.75 Å². The molecule has 0 aliphatic carbocycles. The first-order valence-electron chi connectivity index (χ1n) is 10.3. The molecule has 7 nitrogen and oxygen atoms in total. The van der Waals surface area contributed by atoms with Crippen molar-refractivity contribution < 1.29 is 9.13 Å². The van der Waals surface area contributed by atoms with E-state index in [1.807, 2.05) is 19.2 Å². The Hall–Kier alpha value is -2.87. The number of nitrogens with one attached hydrogen (secondary N) is 2. The SMILES string of the molecule is CN=C(NCc1cccnc1N1CCN(C)CC1)NCC(C)Oc1ccccc1F. The Labute approximate surface area is 178 Å². The van der Waals surface area contributed by atoms with Gasteiger partial charge in [-0.3, -0.25) is 4.99 Å². The predicted octanol–water partition coefficient (Wildman–Crippen LogP) is 2.11. The molecule has 0 spiro atoms. The molecule has 0 saturated carbocycles. The van der Waals surface area contributed by atoms with Gasteiger partial charge < -0.3 is 25.2 Å². The first-order valence-corrected chi connectivity index (χ1v) is 10.3. The highest BCUT2D eigenvalue weighted by molar-refractivity contribution is 5.79. The van der Waals surface area contributed by atoms with Gasteiger partial charge in [0.2, 0.25) is 0 Å². The Morgan fingerprint density at radius 2 is 1.93 bits per heavy atom. The molecule has 2 N–H and O–H groups in total. The molecule has 0 amide bonds. The summed E-state index contributed by atoms with van der Waals surface area (Å²) in [4.78, 5) is 13.5. The average molecular weight is 415 g/mol. The van der Waals surface area contributed by atoms with Gasteiger partial charge >= 0.3 is 0 Å². The fraction of sp³-hybridized carbons (Fsp3) is 0.455. The van der Waals surface area contributed by atoms with Gasteiger partial charge in [0.25, 0.3) is 0 Å². The van der Waals surface area contributed by atoms with Crippen LogP contribution < -0.4 is 20.3 Å². The summed E-state index contributed by atoms with van der Waals surface area (Å²) in [5.74, 6) is 1.57. The van der Waals surface area contributed by atoms with Gasteiger partial charge in [0.05, 0.1) is 6.54 Å². The molecule has 1 saturated heterocycles. The first-order chi connectivity index (χ1) is 14.6. The number of piperazine rings is 1. The number of halogens is 1. The smallest absolute Gasteiger partial charge is 0.191 e. The van der Waals surface area contributed by atoms with Crippen molar-refractivity contribution in [2.45, 2.75) is 19.6 Å². The van der Waals surface area contributed by atoms with Gasteiger partial charge in [0.15, 0.2) is 17.5 Å². The number of guanidine groups is 1. The van der Waals surface area contributed by atoms with Crippen molar-refractivity contribution >= 4 is 11.8 Å². The minimum Gasteiger partial charge on any atom is -0.486 e. The van der Waals surface area contributed by atoms with Gasteiger partial charge in [-0.1, -0.05) is 18.2 Å². The largest absolute Gasteiger partial charge is 0.486 e. The number of likely N-dealkylation sites (N-methyl/N-ethyl adjacent to an activating group) is 1. The van der Waals surface area contributed by atoms with Crippen LogP contribution in [0.25, 0.3) is 0 Å². The first kappa shape index (κ1) is 21.8. The van der Waals surface area contributed by atoms with Gasteiger partial charge in [0.1, 0.15) is 11.9 Å². The number of pyridine rings is 1. The average Bonchev–Trinajstić information content (AvgIpc) is 2.76. The quantitative estimate of drug-likeness (QED) is 0.534. The number of hydrogen-bond donors (Lipinski definition) is 2. The van der Waals surface area contributed by atoms with Crippen molar-refractivity contribution in [3.05, 3.63) is 54.0 Å². The van der Waals surface area contributed by atoms with E-state index in [-0.39, 0.29) is 17.7 Å². The molecule has 1 atom stereocenters. The highest BCUT2D eigenvalue weighted by atomic mass is 19.1. The Bertz CT molecular complexity index is 838. The molecule has 162 valence electrons. The zero-order valence-electron chi connectivity index (χ0n) is 17.9. The molecule has 1 unspecified atom stereocenters. The number of aliphatic imine (C=N–C) groups is 1. The molecule has 30 heavy (non-hydrogen) atoms. The summed E-state index contributed by atoms with van der Waals surface area (Å²) in [6.45, 7) is 7.00. The molecule has 8 heteroatoms. The number of nitrogens with zero attached hydrogens (tertiary/aromatic N) is 4. The maximum absolute atomic E-state index is 13.7. The van der Waals surface area contributed by atoms with Crippen LogP contribution in [0.5, 0.6) is 5.75 Å². The third-order valence-corrected chi connectivity index (χ3v) is 5.06. The maximum Gasteiger partial charge on any atom is 0.191 e. The number of para-hydroxylation sites is 1. The van der Waals surface area contributed by atoms with E-state index in [0.717, 1.165) is 37.6 Å². The molecule has 2 aromatic rings. The van der Waals surface area contributed by atoms with E-state index in [2.05, 4.69) is 43.5 Å². The van der Waals surface area contributed by atoms with Gasteiger partial charge in [-0.25, -0.2) is 9.37 Å². The van der Waals surface area contributed by atoms with Crippen LogP contribution in [0, 0.1) is 5.82 Å². The monoisotopic (exact) mass is 414 g/mol. The number of hydrogen-bond acceptors (Lipinski definition) is 5. The van der Waals surface area contributed by atoms with E-state index < -0.39 is 0 Å². The lowest BCUT2D eigenvalue weighted by Crippen LogP contribution is -2.45. The van der Waals surface area contributed by atoms with E-state index in [0.29, 0.717) is 19.0 Å². The third-order valence-electron chi connectivity index (χ3n) is 5.06. The molecule has 0 bridgehead atoms. The van der Waals surface area contributed by atoms with E-state index in [4.69, 9.17) is 4.74 Å². The topological polar surface area (TPSA) is 65.0 Å². The van der Waals surface area contributed by atoms with Crippen LogP contribution in [-0.4, -0.2) is 68.8 Å². The Balaban J connectivity index is 1.51. The van der Waals surface area contributed by atoms with Gasteiger partial charge in [-0.15, -0.1) is 0 Å². The summed E-state index contributed by atoms with van der Waals surface area (Å²) < 4.78 is 19.4.